The number of halogens is 1. The predicted octanol–water partition coefficient (Wildman–Crippen LogP) is 3.62. The quantitative estimate of drug-likeness (QED) is 0.816. The number of nitrogen functional groups attached to an aromatic ring is 1. The van der Waals surface area contributed by atoms with E-state index in [1.807, 2.05) is 31.2 Å². The highest BCUT2D eigenvalue weighted by Crippen LogP contribution is 2.28. The van der Waals surface area contributed by atoms with Gasteiger partial charge in [0.25, 0.3) is 5.91 Å². The molecule has 108 valence electrons. The summed E-state index contributed by atoms with van der Waals surface area (Å²) in [4.78, 5) is 12.3. The van der Waals surface area contributed by atoms with Gasteiger partial charge in [-0.15, -0.1) is 0 Å². The number of amides is 1. The summed E-state index contributed by atoms with van der Waals surface area (Å²) in [5.41, 5.74) is 11.0. The first kappa shape index (κ1) is 14.1. The van der Waals surface area contributed by atoms with E-state index in [9.17, 15) is 4.79 Å². The van der Waals surface area contributed by atoms with Crippen LogP contribution in [-0.4, -0.2) is 5.91 Å². The standard InChI is InChI=1S/C16H15BrN2O2/c1-9-4-13(17)15(6-14(9)18)19-16(20)10-2-3-11-7-21-8-12(11)5-10/h2-6H,7-8,18H2,1H3,(H,19,20). The summed E-state index contributed by atoms with van der Waals surface area (Å²) in [7, 11) is 0. The maximum atomic E-state index is 12.3. The molecular formula is C16H15BrN2O2. The Morgan fingerprint density at radius 1 is 1.24 bits per heavy atom. The molecule has 1 amide bonds. The Morgan fingerprint density at radius 3 is 2.81 bits per heavy atom. The van der Waals surface area contributed by atoms with Gasteiger partial charge in [-0.3, -0.25) is 4.79 Å². The lowest BCUT2D eigenvalue weighted by molar-refractivity contribution is 0.102. The lowest BCUT2D eigenvalue weighted by atomic mass is 10.1. The summed E-state index contributed by atoms with van der Waals surface area (Å²) in [6.45, 7) is 3.11. The highest BCUT2D eigenvalue weighted by molar-refractivity contribution is 9.10. The molecule has 0 saturated heterocycles. The van der Waals surface area contributed by atoms with Gasteiger partial charge in [-0.2, -0.15) is 0 Å². The number of hydrogen-bond donors (Lipinski definition) is 2. The van der Waals surface area contributed by atoms with Gasteiger partial charge in [-0.25, -0.2) is 0 Å². The number of ether oxygens (including phenoxy) is 1. The summed E-state index contributed by atoms with van der Waals surface area (Å²) in [5.74, 6) is -0.159. The number of benzene rings is 2. The second-order valence-corrected chi connectivity index (χ2v) is 5.97. The van der Waals surface area contributed by atoms with Crippen molar-refractivity contribution in [2.24, 2.45) is 0 Å². The van der Waals surface area contributed by atoms with Crippen LogP contribution in [0, 0.1) is 6.92 Å². The fourth-order valence-electron chi connectivity index (χ4n) is 2.29. The predicted molar refractivity (Wildman–Crippen MR) is 86.2 cm³/mol. The maximum absolute atomic E-state index is 12.3. The van der Waals surface area contributed by atoms with E-state index in [2.05, 4.69) is 21.2 Å². The Balaban J connectivity index is 1.85. The van der Waals surface area contributed by atoms with Crippen LogP contribution in [-0.2, 0) is 18.0 Å². The summed E-state index contributed by atoms with van der Waals surface area (Å²) >= 11 is 3.44. The van der Waals surface area contributed by atoms with Gasteiger partial charge in [-0.05, 0) is 63.8 Å². The second kappa shape index (κ2) is 5.50. The molecule has 3 rings (SSSR count). The van der Waals surface area contributed by atoms with Crippen molar-refractivity contribution in [1.29, 1.82) is 0 Å². The lowest BCUT2D eigenvalue weighted by Gasteiger charge is -2.11. The summed E-state index contributed by atoms with van der Waals surface area (Å²) in [6, 6.07) is 9.28. The molecule has 0 aromatic heterocycles. The molecule has 2 aromatic carbocycles. The third-order valence-electron chi connectivity index (χ3n) is 3.59. The zero-order valence-electron chi connectivity index (χ0n) is 11.6. The van der Waals surface area contributed by atoms with E-state index >= 15 is 0 Å². The molecule has 1 aliphatic heterocycles. The van der Waals surface area contributed by atoms with Crippen LogP contribution >= 0.6 is 15.9 Å². The van der Waals surface area contributed by atoms with E-state index in [0.29, 0.717) is 30.2 Å². The fourth-order valence-corrected chi connectivity index (χ4v) is 2.85. The Hall–Kier alpha value is -1.85. The fraction of sp³-hybridized carbons (Fsp3) is 0.188. The van der Waals surface area contributed by atoms with Crippen molar-refractivity contribution < 1.29 is 9.53 Å². The Bertz CT molecular complexity index is 728. The third kappa shape index (κ3) is 2.80. The number of nitrogens with two attached hydrogens (primary N) is 1. The maximum Gasteiger partial charge on any atom is 0.255 e. The first-order chi connectivity index (χ1) is 10.0. The molecule has 1 heterocycles. The second-order valence-electron chi connectivity index (χ2n) is 5.12. The SMILES string of the molecule is Cc1cc(Br)c(NC(=O)c2ccc3c(c2)COC3)cc1N. The van der Waals surface area contributed by atoms with E-state index in [1.54, 1.807) is 6.07 Å². The number of anilines is 2. The first-order valence-corrected chi connectivity index (χ1v) is 7.40. The molecule has 0 spiro atoms. The number of aryl methyl sites for hydroxylation is 1. The number of nitrogens with one attached hydrogen (secondary N) is 1. The van der Waals surface area contributed by atoms with Crippen LogP contribution in [0.3, 0.4) is 0 Å². The van der Waals surface area contributed by atoms with Crippen LogP contribution in [0.2, 0.25) is 0 Å². The van der Waals surface area contributed by atoms with Crippen LogP contribution in [0.4, 0.5) is 11.4 Å². The molecule has 21 heavy (non-hydrogen) atoms. The number of hydrogen-bond acceptors (Lipinski definition) is 3. The summed E-state index contributed by atoms with van der Waals surface area (Å²) in [5, 5.41) is 2.88. The van der Waals surface area contributed by atoms with Crippen LogP contribution in [0.15, 0.2) is 34.8 Å². The minimum absolute atomic E-state index is 0.159. The van der Waals surface area contributed by atoms with Crippen LogP contribution in [0.5, 0.6) is 0 Å². The van der Waals surface area contributed by atoms with E-state index < -0.39 is 0 Å². The third-order valence-corrected chi connectivity index (χ3v) is 4.24. The van der Waals surface area contributed by atoms with Crippen molar-refractivity contribution in [1.82, 2.24) is 0 Å². The zero-order valence-corrected chi connectivity index (χ0v) is 13.2. The van der Waals surface area contributed by atoms with Gasteiger partial charge >= 0.3 is 0 Å². The minimum Gasteiger partial charge on any atom is -0.398 e. The molecule has 0 atom stereocenters. The van der Waals surface area contributed by atoms with E-state index in [-0.39, 0.29) is 5.91 Å². The van der Waals surface area contributed by atoms with Crippen molar-refractivity contribution in [3.05, 3.63) is 57.1 Å². The van der Waals surface area contributed by atoms with Gasteiger partial charge in [0, 0.05) is 15.7 Å². The van der Waals surface area contributed by atoms with Gasteiger partial charge in [0.2, 0.25) is 0 Å². The summed E-state index contributed by atoms with van der Waals surface area (Å²) < 4.78 is 6.17. The Labute approximate surface area is 131 Å². The van der Waals surface area contributed by atoms with Crippen LogP contribution in [0.25, 0.3) is 0 Å². The number of rotatable bonds is 2. The van der Waals surface area contributed by atoms with Crippen molar-refractivity contribution in [2.45, 2.75) is 20.1 Å². The first-order valence-electron chi connectivity index (χ1n) is 6.61. The molecule has 3 N–H and O–H groups in total. The molecule has 4 nitrogen and oxygen atoms in total. The summed E-state index contributed by atoms with van der Waals surface area (Å²) in [6.07, 6.45) is 0. The molecule has 0 aliphatic carbocycles. The van der Waals surface area contributed by atoms with E-state index in [4.69, 9.17) is 10.5 Å². The monoisotopic (exact) mass is 346 g/mol. The number of carbonyl (C=O) groups is 1. The van der Waals surface area contributed by atoms with Crippen LogP contribution in [0.1, 0.15) is 27.0 Å². The molecule has 0 saturated carbocycles. The van der Waals surface area contributed by atoms with Crippen molar-refractivity contribution >= 4 is 33.2 Å². The Morgan fingerprint density at radius 2 is 2.00 bits per heavy atom. The van der Waals surface area contributed by atoms with E-state index in [1.165, 1.54) is 0 Å². The number of carbonyl (C=O) groups excluding carboxylic acids is 1. The largest absolute Gasteiger partial charge is 0.398 e. The lowest BCUT2D eigenvalue weighted by Crippen LogP contribution is -2.13. The number of fused-ring (bicyclic) bond motifs is 1. The normalized spacial score (nSPS) is 13.0. The average Bonchev–Trinajstić information content (AvgIpc) is 2.92. The van der Waals surface area contributed by atoms with Gasteiger partial charge in [0.15, 0.2) is 0 Å². The van der Waals surface area contributed by atoms with Crippen molar-refractivity contribution in [3.8, 4) is 0 Å². The molecular weight excluding hydrogens is 332 g/mol. The Kier molecular flexibility index (Phi) is 3.69. The van der Waals surface area contributed by atoms with Gasteiger partial charge in [0.05, 0.1) is 18.9 Å². The van der Waals surface area contributed by atoms with Gasteiger partial charge < -0.3 is 15.8 Å². The van der Waals surface area contributed by atoms with Crippen molar-refractivity contribution in [2.75, 3.05) is 11.1 Å². The molecule has 1 aliphatic rings. The minimum atomic E-state index is -0.159. The highest BCUT2D eigenvalue weighted by Gasteiger charge is 2.15. The molecule has 0 unspecified atom stereocenters. The smallest absolute Gasteiger partial charge is 0.255 e. The molecule has 0 radical (unpaired) electrons. The average molecular weight is 347 g/mol. The topological polar surface area (TPSA) is 64.3 Å². The van der Waals surface area contributed by atoms with Crippen LogP contribution < -0.4 is 11.1 Å². The molecule has 5 heteroatoms. The molecule has 0 fully saturated rings. The van der Waals surface area contributed by atoms with E-state index in [0.717, 1.165) is 21.2 Å². The van der Waals surface area contributed by atoms with Crippen molar-refractivity contribution in [3.63, 3.8) is 0 Å². The highest BCUT2D eigenvalue weighted by atomic mass is 79.9. The van der Waals surface area contributed by atoms with Gasteiger partial charge in [-0.1, -0.05) is 6.07 Å². The zero-order chi connectivity index (χ0) is 15.0. The molecule has 2 aromatic rings. The van der Waals surface area contributed by atoms with Gasteiger partial charge in [0.1, 0.15) is 0 Å². The molecule has 0 bridgehead atoms.